The van der Waals surface area contributed by atoms with E-state index in [9.17, 15) is 0 Å². The second-order valence-electron chi connectivity index (χ2n) is 2.53. The molecule has 57 valence electrons. The van der Waals surface area contributed by atoms with E-state index in [1.54, 1.807) is 0 Å². The van der Waals surface area contributed by atoms with E-state index >= 15 is 0 Å². The van der Waals surface area contributed by atoms with Gasteiger partial charge in [0.05, 0.1) is 0 Å². The van der Waals surface area contributed by atoms with E-state index in [0.717, 1.165) is 13.2 Å². The fraction of sp³-hybridized carbons (Fsp3) is 1.00. The molecular weight excluding hydrogens is 177 g/mol. The van der Waals surface area contributed by atoms with E-state index in [-0.39, 0.29) is 0 Å². The van der Waals surface area contributed by atoms with E-state index in [0.29, 0.717) is 0 Å². The summed E-state index contributed by atoms with van der Waals surface area (Å²) >= 11 is 1.37. The second-order valence-corrected chi connectivity index (χ2v) is 4.01. The fourth-order valence-corrected chi connectivity index (χ4v) is 1.26. The maximum atomic E-state index is 5.36. The van der Waals surface area contributed by atoms with Gasteiger partial charge in [0.2, 0.25) is 0 Å². The fourth-order valence-electron chi connectivity index (χ4n) is 0.835. The summed E-state index contributed by atoms with van der Waals surface area (Å²) in [5.74, 6) is 0. The van der Waals surface area contributed by atoms with Gasteiger partial charge in [0.25, 0.3) is 0 Å². The zero-order valence-electron chi connectivity index (χ0n) is 7.07. The van der Waals surface area contributed by atoms with Crippen molar-refractivity contribution in [1.82, 2.24) is 0 Å². The Balaban J connectivity index is 2.65. The SMILES string of the molecule is CCCCCCOC[CH2][Zn]. The van der Waals surface area contributed by atoms with E-state index in [4.69, 9.17) is 4.74 Å². The molecule has 0 radical (unpaired) electrons. The van der Waals surface area contributed by atoms with Crippen LogP contribution in [0.3, 0.4) is 0 Å². The Bertz CT molecular complexity index is 49.2. The van der Waals surface area contributed by atoms with E-state index in [1.165, 1.54) is 49.0 Å². The quantitative estimate of drug-likeness (QED) is 0.447. The van der Waals surface area contributed by atoms with Crippen molar-refractivity contribution in [2.24, 2.45) is 0 Å². The van der Waals surface area contributed by atoms with Crippen molar-refractivity contribution in [3.63, 3.8) is 0 Å². The summed E-state index contributed by atoms with van der Waals surface area (Å²) in [6.07, 6.45) is 5.29. The molecule has 0 saturated heterocycles. The minimum absolute atomic E-state index is 0.986. The van der Waals surface area contributed by atoms with Crippen LogP contribution in [-0.2, 0) is 23.0 Å². The molecular formula is C8H17OZn. The van der Waals surface area contributed by atoms with Crippen LogP contribution in [-0.4, -0.2) is 13.2 Å². The normalized spacial score (nSPS) is 10.3. The molecule has 0 aliphatic heterocycles. The third kappa shape index (κ3) is 8.58. The van der Waals surface area contributed by atoms with Gasteiger partial charge < -0.3 is 0 Å². The number of hydrogen-bond acceptors (Lipinski definition) is 1. The maximum absolute atomic E-state index is 5.36. The molecule has 0 aliphatic carbocycles. The van der Waals surface area contributed by atoms with E-state index in [1.807, 2.05) is 0 Å². The minimum atomic E-state index is 0.986. The summed E-state index contributed by atoms with van der Waals surface area (Å²) in [5.41, 5.74) is 0. The molecule has 0 aliphatic rings. The van der Waals surface area contributed by atoms with Crippen LogP contribution >= 0.6 is 0 Å². The van der Waals surface area contributed by atoms with Crippen molar-refractivity contribution in [3.05, 3.63) is 0 Å². The summed E-state index contributed by atoms with van der Waals surface area (Å²) in [7, 11) is 0. The van der Waals surface area contributed by atoms with Crippen molar-refractivity contribution in [1.29, 1.82) is 0 Å². The average molecular weight is 195 g/mol. The number of hydrogen-bond donors (Lipinski definition) is 0. The molecule has 0 aromatic rings. The van der Waals surface area contributed by atoms with E-state index < -0.39 is 0 Å². The van der Waals surface area contributed by atoms with Crippen molar-refractivity contribution in [2.45, 2.75) is 37.6 Å². The predicted octanol–water partition coefficient (Wildman–Crippen LogP) is 2.55. The van der Waals surface area contributed by atoms with Crippen LogP contribution in [0.5, 0.6) is 0 Å². The summed E-state index contributed by atoms with van der Waals surface area (Å²) in [5, 5.41) is 1.27. The summed E-state index contributed by atoms with van der Waals surface area (Å²) < 4.78 is 5.36. The topological polar surface area (TPSA) is 9.23 Å². The molecule has 0 atom stereocenters. The Morgan fingerprint density at radius 1 is 1.10 bits per heavy atom. The van der Waals surface area contributed by atoms with Crippen LogP contribution < -0.4 is 0 Å². The zero-order valence-corrected chi connectivity index (χ0v) is 10.0. The average Bonchev–Trinajstić information content (AvgIpc) is 1.97. The van der Waals surface area contributed by atoms with Crippen molar-refractivity contribution >= 4 is 0 Å². The Hall–Kier alpha value is 0.583. The first kappa shape index (κ1) is 10.6. The Morgan fingerprint density at radius 3 is 2.50 bits per heavy atom. The molecule has 10 heavy (non-hydrogen) atoms. The molecule has 0 bridgehead atoms. The molecule has 0 unspecified atom stereocenters. The summed E-state index contributed by atoms with van der Waals surface area (Å²) in [6, 6.07) is 0. The number of rotatable bonds is 7. The molecule has 0 aromatic heterocycles. The van der Waals surface area contributed by atoms with Gasteiger partial charge in [0.15, 0.2) is 0 Å². The van der Waals surface area contributed by atoms with Gasteiger partial charge in [-0.1, -0.05) is 0 Å². The Kier molecular flexibility index (Phi) is 10.1. The van der Waals surface area contributed by atoms with Crippen molar-refractivity contribution in [3.8, 4) is 0 Å². The first-order valence-corrected chi connectivity index (χ1v) is 6.38. The van der Waals surface area contributed by atoms with Crippen LogP contribution in [0.15, 0.2) is 0 Å². The predicted molar refractivity (Wildman–Crippen MR) is 39.8 cm³/mol. The zero-order chi connectivity index (χ0) is 7.66. The molecule has 0 N–H and O–H groups in total. The summed E-state index contributed by atoms with van der Waals surface area (Å²) in [6.45, 7) is 4.21. The second kappa shape index (κ2) is 9.58. The molecule has 0 amide bonds. The Morgan fingerprint density at radius 2 is 1.90 bits per heavy atom. The molecule has 0 rings (SSSR count). The van der Waals surface area contributed by atoms with E-state index in [2.05, 4.69) is 6.92 Å². The number of unbranched alkanes of at least 4 members (excludes halogenated alkanes) is 3. The molecule has 0 heterocycles. The molecule has 1 nitrogen and oxygen atoms in total. The first-order valence-electron chi connectivity index (χ1n) is 4.28. The standard InChI is InChI=1S/C8H17O.Zn/c1-3-5-6-7-8-9-4-2;/h2-8H2,1H3;. The molecule has 0 saturated carbocycles. The molecule has 2 heteroatoms. The van der Waals surface area contributed by atoms with Gasteiger partial charge in [-0.25, -0.2) is 0 Å². The molecule has 0 spiro atoms. The van der Waals surface area contributed by atoms with Crippen LogP contribution in [0, 0.1) is 0 Å². The summed E-state index contributed by atoms with van der Waals surface area (Å²) in [4.78, 5) is 0. The van der Waals surface area contributed by atoms with Gasteiger partial charge in [-0.05, 0) is 0 Å². The van der Waals surface area contributed by atoms with Crippen LogP contribution in [0.2, 0.25) is 5.02 Å². The third-order valence-electron chi connectivity index (χ3n) is 1.43. The van der Waals surface area contributed by atoms with Gasteiger partial charge in [0.1, 0.15) is 0 Å². The first-order chi connectivity index (χ1) is 4.91. The van der Waals surface area contributed by atoms with Crippen molar-refractivity contribution in [2.75, 3.05) is 13.2 Å². The monoisotopic (exact) mass is 193 g/mol. The van der Waals surface area contributed by atoms with Crippen molar-refractivity contribution < 1.29 is 23.0 Å². The van der Waals surface area contributed by atoms with Gasteiger partial charge in [-0.3, -0.25) is 0 Å². The number of ether oxygens (including phenoxy) is 1. The van der Waals surface area contributed by atoms with Crippen LogP contribution in [0.4, 0.5) is 0 Å². The Labute approximate surface area is 74.2 Å². The van der Waals surface area contributed by atoms with Crippen LogP contribution in [0.1, 0.15) is 32.6 Å². The van der Waals surface area contributed by atoms with Gasteiger partial charge >= 0.3 is 73.9 Å². The van der Waals surface area contributed by atoms with Gasteiger partial charge in [-0.15, -0.1) is 0 Å². The van der Waals surface area contributed by atoms with Crippen LogP contribution in [0.25, 0.3) is 0 Å². The van der Waals surface area contributed by atoms with Gasteiger partial charge in [0, 0.05) is 0 Å². The van der Waals surface area contributed by atoms with Gasteiger partial charge in [-0.2, -0.15) is 0 Å². The third-order valence-corrected chi connectivity index (χ3v) is 2.04. The molecule has 0 aromatic carbocycles. The molecule has 0 fully saturated rings.